The molecule has 0 aromatic heterocycles. The number of ether oxygens (including phenoxy) is 2. The molecular weight excluding hydrogens is 246 g/mol. The Morgan fingerprint density at radius 1 is 1.44 bits per heavy atom. The Morgan fingerprint density at radius 3 is 2.67 bits per heavy atom. The van der Waals surface area contributed by atoms with Crippen LogP contribution < -0.4 is 0 Å². The molecule has 18 heavy (non-hydrogen) atoms. The number of carbonyl (C=O) groups is 1. The zero-order chi connectivity index (χ0) is 13.2. The average molecular weight is 258 g/mol. The molecule has 0 radical (unpaired) electrons. The van der Waals surface area contributed by atoms with Gasteiger partial charge in [0.25, 0.3) is 5.92 Å². The maximum Gasteiger partial charge on any atom is 0.338 e. The van der Waals surface area contributed by atoms with Gasteiger partial charge < -0.3 is 14.6 Å². The van der Waals surface area contributed by atoms with Crippen molar-refractivity contribution >= 4 is 5.97 Å². The molecule has 1 aliphatic rings. The predicted octanol–water partition coefficient (Wildman–Crippen LogP) is 1.59. The van der Waals surface area contributed by atoms with Gasteiger partial charge in [0, 0.05) is 6.42 Å². The highest BCUT2D eigenvalue weighted by Crippen LogP contribution is 2.34. The van der Waals surface area contributed by atoms with E-state index in [0.29, 0.717) is 5.56 Å². The molecule has 2 atom stereocenters. The molecule has 1 aliphatic heterocycles. The molecule has 1 aromatic rings. The number of hydrogen-bond acceptors (Lipinski definition) is 4. The lowest BCUT2D eigenvalue weighted by atomic mass is 10.2. The van der Waals surface area contributed by atoms with Crippen molar-refractivity contribution < 1.29 is 28.2 Å². The van der Waals surface area contributed by atoms with Gasteiger partial charge in [0.2, 0.25) is 6.29 Å². The third kappa shape index (κ3) is 2.83. The van der Waals surface area contributed by atoms with Crippen molar-refractivity contribution in [3.05, 3.63) is 35.9 Å². The minimum atomic E-state index is -3.29. The lowest BCUT2D eigenvalue weighted by Crippen LogP contribution is -2.27. The number of alkyl halides is 2. The van der Waals surface area contributed by atoms with Crippen molar-refractivity contribution in [2.45, 2.75) is 24.7 Å². The summed E-state index contributed by atoms with van der Waals surface area (Å²) in [6.07, 6.45) is -3.77. The van der Waals surface area contributed by atoms with Gasteiger partial charge in [0.05, 0.1) is 5.56 Å². The molecule has 0 unspecified atom stereocenters. The standard InChI is InChI=1S/C12H12F2O4/c13-12(14)6-9(18-11(12)16)7-17-10(15)8-4-2-1-3-5-8/h1-5,9,11,16H,6-7H2/t9-,11+/m0/s1. The quantitative estimate of drug-likeness (QED) is 0.836. The highest BCUT2D eigenvalue weighted by Gasteiger charge is 2.49. The minimum absolute atomic E-state index is 0.305. The van der Waals surface area contributed by atoms with E-state index in [1.54, 1.807) is 30.3 Å². The summed E-state index contributed by atoms with van der Waals surface area (Å²) in [4.78, 5) is 11.5. The second kappa shape index (κ2) is 4.99. The average Bonchev–Trinajstić information content (AvgIpc) is 2.61. The molecule has 0 saturated carbocycles. The van der Waals surface area contributed by atoms with Gasteiger partial charge in [-0.3, -0.25) is 0 Å². The SMILES string of the molecule is O=C(OC[C@@H]1CC(F)(F)[C@H](O)O1)c1ccccc1. The molecule has 0 bridgehead atoms. The first kappa shape index (κ1) is 12.9. The van der Waals surface area contributed by atoms with Crippen LogP contribution in [0, 0.1) is 0 Å². The van der Waals surface area contributed by atoms with E-state index in [1.807, 2.05) is 0 Å². The summed E-state index contributed by atoms with van der Waals surface area (Å²) >= 11 is 0. The van der Waals surface area contributed by atoms with E-state index in [9.17, 15) is 13.6 Å². The number of hydrogen-bond donors (Lipinski definition) is 1. The first-order chi connectivity index (χ1) is 8.49. The third-order valence-corrected chi connectivity index (χ3v) is 2.59. The van der Waals surface area contributed by atoms with Gasteiger partial charge in [-0.1, -0.05) is 18.2 Å². The number of halogens is 2. The van der Waals surface area contributed by atoms with Gasteiger partial charge in [-0.05, 0) is 12.1 Å². The van der Waals surface area contributed by atoms with Crippen LogP contribution in [0.2, 0.25) is 0 Å². The lowest BCUT2D eigenvalue weighted by molar-refractivity contribution is -0.188. The van der Waals surface area contributed by atoms with Crippen molar-refractivity contribution in [1.82, 2.24) is 0 Å². The van der Waals surface area contributed by atoms with E-state index < -0.39 is 30.7 Å². The summed E-state index contributed by atoms with van der Waals surface area (Å²) < 4.78 is 35.3. The Bertz CT molecular complexity index is 421. The number of esters is 1. The molecule has 1 aromatic carbocycles. The zero-order valence-electron chi connectivity index (χ0n) is 9.38. The second-order valence-corrected chi connectivity index (χ2v) is 4.04. The van der Waals surface area contributed by atoms with Crippen molar-refractivity contribution in [3.63, 3.8) is 0 Å². The molecule has 6 heteroatoms. The maximum absolute atomic E-state index is 12.9. The van der Waals surface area contributed by atoms with E-state index in [1.165, 1.54) is 0 Å². The van der Waals surface area contributed by atoms with Crippen molar-refractivity contribution in [2.24, 2.45) is 0 Å². The van der Waals surface area contributed by atoms with E-state index >= 15 is 0 Å². The number of carbonyl (C=O) groups excluding carboxylic acids is 1. The fourth-order valence-corrected chi connectivity index (χ4v) is 1.66. The summed E-state index contributed by atoms with van der Waals surface area (Å²) in [6, 6.07) is 8.19. The highest BCUT2D eigenvalue weighted by molar-refractivity contribution is 5.89. The largest absolute Gasteiger partial charge is 0.459 e. The number of rotatable bonds is 3. The van der Waals surface area contributed by atoms with Crippen LogP contribution in [0.25, 0.3) is 0 Å². The monoisotopic (exact) mass is 258 g/mol. The van der Waals surface area contributed by atoms with Crippen molar-refractivity contribution in [2.75, 3.05) is 6.61 Å². The second-order valence-electron chi connectivity index (χ2n) is 4.04. The summed E-state index contributed by atoms with van der Waals surface area (Å²) in [6.45, 7) is -0.305. The van der Waals surface area contributed by atoms with Gasteiger partial charge in [-0.25, -0.2) is 13.6 Å². The predicted molar refractivity (Wildman–Crippen MR) is 57.2 cm³/mol. The summed E-state index contributed by atoms with van der Waals surface area (Å²) in [5.41, 5.74) is 0.336. The molecule has 98 valence electrons. The van der Waals surface area contributed by atoms with Gasteiger partial charge in [0.15, 0.2) is 0 Å². The van der Waals surface area contributed by atoms with Crippen LogP contribution in [0.15, 0.2) is 30.3 Å². The fourth-order valence-electron chi connectivity index (χ4n) is 1.66. The Hall–Kier alpha value is -1.53. The molecule has 2 rings (SSSR count). The van der Waals surface area contributed by atoms with E-state index in [4.69, 9.17) is 9.84 Å². The molecule has 1 saturated heterocycles. The third-order valence-electron chi connectivity index (χ3n) is 2.59. The Kier molecular flexibility index (Phi) is 3.58. The Morgan fingerprint density at radius 2 is 2.11 bits per heavy atom. The summed E-state index contributed by atoms with van der Waals surface area (Å²) in [5.74, 6) is -3.90. The molecule has 0 amide bonds. The molecule has 0 spiro atoms. The van der Waals surface area contributed by atoms with E-state index in [-0.39, 0.29) is 6.61 Å². The number of benzene rings is 1. The van der Waals surface area contributed by atoms with Crippen LogP contribution in [0.3, 0.4) is 0 Å². The molecule has 4 nitrogen and oxygen atoms in total. The fraction of sp³-hybridized carbons (Fsp3) is 0.417. The van der Waals surface area contributed by atoms with Gasteiger partial charge >= 0.3 is 5.97 Å². The molecule has 1 N–H and O–H groups in total. The Labute approximate surface area is 102 Å². The first-order valence-corrected chi connectivity index (χ1v) is 5.42. The van der Waals surface area contributed by atoms with Crippen LogP contribution in [0.4, 0.5) is 8.78 Å². The van der Waals surface area contributed by atoms with Crippen LogP contribution in [0.1, 0.15) is 16.8 Å². The maximum atomic E-state index is 12.9. The number of aliphatic hydroxyl groups excluding tert-OH is 1. The summed E-state index contributed by atoms with van der Waals surface area (Å²) in [7, 11) is 0. The van der Waals surface area contributed by atoms with E-state index in [0.717, 1.165) is 0 Å². The van der Waals surface area contributed by atoms with Gasteiger partial charge in [0.1, 0.15) is 12.7 Å². The smallest absolute Gasteiger partial charge is 0.338 e. The molecule has 0 aliphatic carbocycles. The zero-order valence-corrected chi connectivity index (χ0v) is 9.38. The van der Waals surface area contributed by atoms with Crippen LogP contribution in [0.5, 0.6) is 0 Å². The van der Waals surface area contributed by atoms with Crippen molar-refractivity contribution in [3.8, 4) is 0 Å². The van der Waals surface area contributed by atoms with Crippen LogP contribution in [-0.4, -0.2) is 36.0 Å². The molecule has 1 heterocycles. The number of aliphatic hydroxyl groups is 1. The minimum Gasteiger partial charge on any atom is -0.459 e. The first-order valence-electron chi connectivity index (χ1n) is 5.42. The van der Waals surface area contributed by atoms with Crippen LogP contribution in [-0.2, 0) is 9.47 Å². The molecular formula is C12H12F2O4. The highest BCUT2D eigenvalue weighted by atomic mass is 19.3. The van der Waals surface area contributed by atoms with Gasteiger partial charge in [-0.15, -0.1) is 0 Å². The topological polar surface area (TPSA) is 55.8 Å². The normalized spacial score (nSPS) is 25.9. The van der Waals surface area contributed by atoms with Gasteiger partial charge in [-0.2, -0.15) is 0 Å². The Balaban J connectivity index is 1.85. The summed E-state index contributed by atoms with van der Waals surface area (Å²) in [5, 5.41) is 8.90. The lowest BCUT2D eigenvalue weighted by Gasteiger charge is -2.10. The van der Waals surface area contributed by atoms with Crippen molar-refractivity contribution in [1.29, 1.82) is 0 Å². The van der Waals surface area contributed by atoms with E-state index in [2.05, 4.69) is 4.74 Å². The van der Waals surface area contributed by atoms with Crippen LogP contribution >= 0.6 is 0 Å². The molecule has 1 fully saturated rings.